The monoisotopic (exact) mass is 517 g/mol. The molecule has 7 rings (SSSR count). The first-order valence-corrected chi connectivity index (χ1v) is 13.7. The second-order valence-corrected chi connectivity index (χ2v) is 10.7. The van der Waals surface area contributed by atoms with E-state index in [0.717, 1.165) is 84.2 Å². The van der Waals surface area contributed by atoms with Gasteiger partial charge in [0.15, 0.2) is 5.69 Å². The summed E-state index contributed by atoms with van der Waals surface area (Å²) in [6.07, 6.45) is 10.9. The minimum Gasteiger partial charge on any atom is -0.349 e. The zero-order valence-corrected chi connectivity index (χ0v) is 22.0. The molecule has 8 heteroatoms. The van der Waals surface area contributed by atoms with Crippen LogP contribution in [0.2, 0.25) is 0 Å². The molecule has 1 aliphatic carbocycles. The van der Waals surface area contributed by atoms with Gasteiger partial charge in [0.2, 0.25) is 0 Å². The van der Waals surface area contributed by atoms with Gasteiger partial charge >= 0.3 is 11.6 Å². The molecule has 2 aliphatic rings. The Morgan fingerprint density at radius 3 is 2.31 bits per heavy atom. The summed E-state index contributed by atoms with van der Waals surface area (Å²) in [6.45, 7) is 3.50. The molecule has 39 heavy (non-hydrogen) atoms. The fourth-order valence-corrected chi connectivity index (χ4v) is 5.75. The zero-order chi connectivity index (χ0) is 26.2. The first kappa shape index (κ1) is 23.7. The summed E-state index contributed by atoms with van der Waals surface area (Å²) < 4.78 is 0. The molecule has 1 saturated heterocycles. The molecule has 2 aromatic carbocycles. The highest BCUT2D eigenvalue weighted by atomic mass is 15.3. The van der Waals surface area contributed by atoms with E-state index in [1.807, 2.05) is 6.20 Å². The first-order chi connectivity index (χ1) is 19.2. The maximum absolute atomic E-state index is 5.22. The molecule has 1 saturated carbocycles. The van der Waals surface area contributed by atoms with Crippen LogP contribution in [0.3, 0.4) is 0 Å². The number of rotatable bonds is 5. The normalized spacial score (nSPS) is 16.7. The highest BCUT2D eigenvalue weighted by Gasteiger charge is 2.38. The van der Waals surface area contributed by atoms with Gasteiger partial charge in [-0.2, -0.15) is 4.98 Å². The van der Waals surface area contributed by atoms with Crippen molar-refractivity contribution >= 4 is 22.8 Å². The van der Waals surface area contributed by atoms with Gasteiger partial charge < -0.3 is 10.6 Å². The molecule has 5 N–H and O–H groups in total. The van der Waals surface area contributed by atoms with Crippen molar-refractivity contribution in [2.24, 2.45) is 0 Å². The molecule has 194 valence electrons. The SMILES string of the molecule is [NH3+]C1(c2ccc(-c3nc4[nH+]c(N5CCN(c6cnccn6)CC5)[nH+]cc4cc3-c3ccccc3)cc2)CCC1. The van der Waals surface area contributed by atoms with Crippen LogP contribution in [0.1, 0.15) is 24.8 Å². The maximum atomic E-state index is 5.22. The molecule has 4 heterocycles. The first-order valence-electron chi connectivity index (χ1n) is 13.7. The second kappa shape index (κ2) is 9.71. The van der Waals surface area contributed by atoms with Crippen LogP contribution in [-0.4, -0.2) is 41.1 Å². The van der Waals surface area contributed by atoms with Crippen LogP contribution < -0.4 is 25.5 Å². The number of benzene rings is 2. The van der Waals surface area contributed by atoms with E-state index >= 15 is 0 Å². The standard InChI is InChI=1S/C31H30N8/c32-31(11-4-12-31)25-9-7-23(8-10-25)28-26(22-5-2-1-3-6-22)19-24-20-35-30(37-29(24)36-28)39-17-15-38(16-18-39)27-21-33-13-14-34-27/h1-3,5-10,13-14,19-21H,4,11-12,15-18,32H2/p+3. The molecular formula is C31H33N8+3. The third kappa shape index (κ3) is 4.46. The third-order valence-corrected chi connectivity index (χ3v) is 8.29. The minimum absolute atomic E-state index is 0.0766. The molecule has 0 bridgehead atoms. The highest BCUT2D eigenvalue weighted by Crippen LogP contribution is 2.38. The van der Waals surface area contributed by atoms with E-state index in [0.29, 0.717) is 0 Å². The Kier molecular flexibility index (Phi) is 5.89. The Labute approximate surface area is 227 Å². The zero-order valence-electron chi connectivity index (χ0n) is 22.0. The lowest BCUT2D eigenvalue weighted by Crippen LogP contribution is -2.73. The van der Waals surface area contributed by atoms with E-state index in [9.17, 15) is 0 Å². The number of fused-ring (bicyclic) bond motifs is 1. The second-order valence-electron chi connectivity index (χ2n) is 10.7. The summed E-state index contributed by atoms with van der Waals surface area (Å²) in [7, 11) is 0. The van der Waals surface area contributed by atoms with E-state index in [1.165, 1.54) is 12.0 Å². The number of nitrogens with one attached hydrogen (secondary N) is 2. The van der Waals surface area contributed by atoms with Gasteiger partial charge in [-0.1, -0.05) is 54.6 Å². The van der Waals surface area contributed by atoms with Crippen molar-refractivity contribution in [2.45, 2.75) is 24.8 Å². The van der Waals surface area contributed by atoms with Gasteiger partial charge in [0.1, 0.15) is 36.0 Å². The van der Waals surface area contributed by atoms with Gasteiger partial charge in [-0.05, 0) is 23.0 Å². The largest absolute Gasteiger partial charge is 0.443 e. The van der Waals surface area contributed by atoms with E-state index in [4.69, 9.17) is 4.98 Å². The van der Waals surface area contributed by atoms with Crippen LogP contribution in [0.4, 0.5) is 11.8 Å². The van der Waals surface area contributed by atoms with Gasteiger partial charge in [-0.3, -0.25) is 4.98 Å². The topological polar surface area (TPSA) is 101 Å². The Bertz CT molecular complexity index is 1590. The number of H-pyrrole nitrogens is 2. The number of piperazine rings is 1. The number of quaternary nitrogens is 1. The molecular weight excluding hydrogens is 484 g/mol. The number of hydrogen-bond donors (Lipinski definition) is 1. The van der Waals surface area contributed by atoms with Crippen molar-refractivity contribution in [2.75, 3.05) is 36.0 Å². The molecule has 1 aliphatic heterocycles. The average Bonchev–Trinajstić information content (AvgIpc) is 3.00. The number of nitrogens with zero attached hydrogens (tertiary/aromatic N) is 5. The Hall–Kier alpha value is -4.43. The number of hydrogen-bond acceptors (Lipinski definition) is 5. The van der Waals surface area contributed by atoms with Crippen molar-refractivity contribution in [1.82, 2.24) is 15.0 Å². The Morgan fingerprint density at radius 2 is 1.62 bits per heavy atom. The lowest BCUT2D eigenvalue weighted by atomic mass is 9.72. The minimum atomic E-state index is 0.0766. The van der Waals surface area contributed by atoms with Gasteiger partial charge in [0.05, 0.1) is 19.3 Å². The summed E-state index contributed by atoms with van der Waals surface area (Å²) in [5, 5.41) is 1.04. The molecule has 0 amide bonds. The van der Waals surface area contributed by atoms with Crippen molar-refractivity contribution in [3.8, 4) is 22.4 Å². The quantitative estimate of drug-likeness (QED) is 0.386. The van der Waals surface area contributed by atoms with Crippen LogP contribution in [0.15, 0.2) is 85.5 Å². The molecule has 2 fully saturated rings. The van der Waals surface area contributed by atoms with Gasteiger partial charge in [-0.15, -0.1) is 0 Å². The van der Waals surface area contributed by atoms with Gasteiger partial charge in [0.25, 0.3) is 0 Å². The Morgan fingerprint density at radius 1 is 0.846 bits per heavy atom. The fraction of sp³-hybridized carbons (Fsp3) is 0.258. The van der Waals surface area contributed by atoms with E-state index < -0.39 is 0 Å². The fourth-order valence-electron chi connectivity index (χ4n) is 5.75. The molecule has 8 nitrogen and oxygen atoms in total. The van der Waals surface area contributed by atoms with Crippen molar-refractivity contribution < 1.29 is 15.7 Å². The van der Waals surface area contributed by atoms with E-state index in [-0.39, 0.29) is 5.54 Å². The summed E-state index contributed by atoms with van der Waals surface area (Å²) in [6, 6.07) is 21.7. The maximum Gasteiger partial charge on any atom is 0.443 e. The third-order valence-electron chi connectivity index (χ3n) is 8.29. The summed E-state index contributed by atoms with van der Waals surface area (Å²) in [5.41, 5.74) is 11.1. The number of anilines is 2. The van der Waals surface area contributed by atoms with Crippen LogP contribution in [0, 0.1) is 0 Å². The molecule has 0 spiro atoms. The van der Waals surface area contributed by atoms with Crippen molar-refractivity contribution in [3.63, 3.8) is 0 Å². The van der Waals surface area contributed by atoms with Crippen LogP contribution in [-0.2, 0) is 5.54 Å². The molecule has 0 radical (unpaired) electrons. The van der Waals surface area contributed by atoms with Gasteiger partial charge in [-0.25, -0.2) is 14.9 Å². The van der Waals surface area contributed by atoms with E-state index in [2.05, 4.69) is 102 Å². The lowest BCUT2D eigenvalue weighted by molar-refractivity contribution is -0.509. The number of pyridine rings is 1. The molecule has 0 unspecified atom stereocenters. The van der Waals surface area contributed by atoms with Crippen molar-refractivity contribution in [3.05, 3.63) is 91.0 Å². The average molecular weight is 518 g/mol. The summed E-state index contributed by atoms with van der Waals surface area (Å²) in [5.74, 6) is 1.89. The molecule has 5 aromatic rings. The smallest absolute Gasteiger partial charge is 0.349 e. The van der Waals surface area contributed by atoms with Crippen molar-refractivity contribution in [1.29, 1.82) is 0 Å². The van der Waals surface area contributed by atoms with E-state index in [1.54, 1.807) is 12.4 Å². The molecule has 0 atom stereocenters. The van der Waals surface area contributed by atoms with Crippen LogP contribution in [0.5, 0.6) is 0 Å². The predicted molar refractivity (Wildman–Crippen MR) is 151 cm³/mol. The number of aromatic nitrogens is 5. The van der Waals surface area contributed by atoms with Crippen LogP contribution in [0.25, 0.3) is 33.4 Å². The summed E-state index contributed by atoms with van der Waals surface area (Å²) >= 11 is 0. The highest BCUT2D eigenvalue weighted by molar-refractivity contribution is 5.88. The van der Waals surface area contributed by atoms with Gasteiger partial charge in [0, 0.05) is 41.9 Å². The lowest BCUT2D eigenvalue weighted by Gasteiger charge is -2.34. The van der Waals surface area contributed by atoms with Crippen LogP contribution >= 0.6 is 0 Å². The Balaban J connectivity index is 1.23. The predicted octanol–water partition coefficient (Wildman–Crippen LogP) is 2.93. The molecule has 3 aromatic heterocycles. The number of aromatic amines is 2. The summed E-state index contributed by atoms with van der Waals surface area (Å²) in [4.78, 5) is 25.6.